The molecule has 5 rings (SSSR count). The Balaban J connectivity index is 1.38. The lowest BCUT2D eigenvalue weighted by Gasteiger charge is -2.26. The number of morpholine rings is 1. The van der Waals surface area contributed by atoms with Gasteiger partial charge in [-0.15, -0.1) is 0 Å². The van der Waals surface area contributed by atoms with Crippen molar-refractivity contribution in [3.05, 3.63) is 87.6 Å². The zero-order valence-corrected chi connectivity index (χ0v) is 25.8. The van der Waals surface area contributed by atoms with Crippen molar-refractivity contribution < 1.29 is 27.1 Å². The van der Waals surface area contributed by atoms with E-state index in [1.807, 2.05) is 44.2 Å². The van der Waals surface area contributed by atoms with Gasteiger partial charge in [0.1, 0.15) is 5.58 Å². The first-order chi connectivity index (χ1) is 20.3. The molecular weight excluding hydrogens is 568 g/mol. The number of hydrogen-bond acceptors (Lipinski definition) is 7. The Bertz CT molecular complexity index is 1820. The van der Waals surface area contributed by atoms with E-state index in [1.165, 1.54) is 28.6 Å². The highest BCUT2D eigenvalue weighted by Gasteiger charge is 2.26. The summed E-state index contributed by atoms with van der Waals surface area (Å²) in [5.74, 6) is -0.328. The summed E-state index contributed by atoms with van der Waals surface area (Å²) < 4.78 is 44.5. The molecule has 0 spiro atoms. The molecule has 1 aromatic heterocycles. The molecule has 0 bridgehead atoms. The fourth-order valence-corrected chi connectivity index (χ4v) is 6.27. The molecule has 10 heteroatoms. The van der Waals surface area contributed by atoms with Crippen LogP contribution in [0.25, 0.3) is 22.3 Å². The first-order valence-electron chi connectivity index (χ1n) is 14.1. The number of ether oxygens (including phenoxy) is 2. The van der Waals surface area contributed by atoms with Gasteiger partial charge >= 0.3 is 0 Å². The largest absolute Gasteiger partial charge is 0.476 e. The fourth-order valence-electron chi connectivity index (χ4n) is 4.86. The maximum Gasteiger partial charge on any atom is 0.262 e. The molecule has 226 valence electrons. The molecule has 9 nitrogen and oxygen atoms in total. The summed E-state index contributed by atoms with van der Waals surface area (Å²) in [5, 5.41) is 3.07. The monoisotopic (exact) mass is 604 g/mol. The molecule has 43 heavy (non-hydrogen) atoms. The second kappa shape index (κ2) is 11.9. The van der Waals surface area contributed by atoms with Crippen molar-refractivity contribution in [3.63, 3.8) is 0 Å². The number of sulfonamides is 1. The molecule has 1 aliphatic heterocycles. The van der Waals surface area contributed by atoms with Crippen LogP contribution in [0.2, 0.25) is 0 Å². The minimum atomic E-state index is -3.65. The van der Waals surface area contributed by atoms with Crippen LogP contribution in [-0.2, 0) is 25.0 Å². The highest BCUT2D eigenvalue weighted by Crippen LogP contribution is 2.33. The van der Waals surface area contributed by atoms with Gasteiger partial charge in [0.05, 0.1) is 23.5 Å². The smallest absolute Gasteiger partial charge is 0.262 e. The Hall–Kier alpha value is -3.99. The van der Waals surface area contributed by atoms with Gasteiger partial charge in [0.15, 0.2) is 12.4 Å². The molecular formula is C33H36N2O7S. The van der Waals surface area contributed by atoms with Gasteiger partial charge in [-0.3, -0.25) is 9.59 Å². The number of hydrogen-bond donors (Lipinski definition) is 1. The number of carbonyl (C=O) groups excluding carboxylic acids is 1. The first kappa shape index (κ1) is 30.5. The van der Waals surface area contributed by atoms with Crippen molar-refractivity contribution in [3.8, 4) is 17.1 Å². The maximum atomic E-state index is 13.7. The summed E-state index contributed by atoms with van der Waals surface area (Å²) in [6, 6.07) is 17.3. The standard InChI is InChI=1S/C33H36N2O7S/c1-21-18-27-28(19-22(21)2)42-31(23-6-8-24(9-7-23)33(3,4)5)32(30(27)37)41-20-29(36)34-25-10-12-26(13-11-25)43(38,39)35-14-16-40-17-15-35/h6-13,18-19H,14-17,20H2,1-5H3,(H,34,36). The summed E-state index contributed by atoms with van der Waals surface area (Å²) in [4.78, 5) is 26.7. The van der Waals surface area contributed by atoms with Crippen molar-refractivity contribution in [1.82, 2.24) is 4.31 Å². The van der Waals surface area contributed by atoms with Crippen molar-refractivity contribution in [2.75, 3.05) is 38.2 Å². The van der Waals surface area contributed by atoms with Crippen LogP contribution in [0.4, 0.5) is 5.69 Å². The van der Waals surface area contributed by atoms with Gasteiger partial charge < -0.3 is 19.2 Å². The van der Waals surface area contributed by atoms with Gasteiger partial charge in [0, 0.05) is 24.3 Å². The predicted octanol–water partition coefficient (Wildman–Crippen LogP) is 5.41. The molecule has 1 fully saturated rings. The van der Waals surface area contributed by atoms with Gasteiger partial charge in [-0.25, -0.2) is 8.42 Å². The predicted molar refractivity (Wildman–Crippen MR) is 166 cm³/mol. The summed E-state index contributed by atoms with van der Waals surface area (Å²) in [7, 11) is -3.65. The van der Waals surface area contributed by atoms with Crippen LogP contribution < -0.4 is 15.5 Å². The molecule has 0 unspecified atom stereocenters. The lowest BCUT2D eigenvalue weighted by Crippen LogP contribution is -2.40. The maximum absolute atomic E-state index is 13.7. The van der Waals surface area contributed by atoms with Gasteiger partial charge in [-0.1, -0.05) is 45.0 Å². The second-order valence-corrected chi connectivity index (χ2v) is 13.7. The van der Waals surface area contributed by atoms with Crippen molar-refractivity contribution >= 4 is 32.6 Å². The van der Waals surface area contributed by atoms with Crippen LogP contribution in [-0.4, -0.2) is 51.5 Å². The van der Waals surface area contributed by atoms with E-state index in [0.717, 1.165) is 16.7 Å². The van der Waals surface area contributed by atoms with Crippen LogP contribution in [0.5, 0.6) is 5.75 Å². The SMILES string of the molecule is Cc1cc2oc(-c3ccc(C(C)(C)C)cc3)c(OCC(=O)Nc3ccc(S(=O)(=O)N4CCOCC4)cc3)c(=O)c2cc1C. The second-order valence-electron chi connectivity index (χ2n) is 11.7. The van der Waals surface area contributed by atoms with Crippen LogP contribution in [0.15, 0.2) is 74.8 Å². The van der Waals surface area contributed by atoms with E-state index < -0.39 is 22.5 Å². The molecule has 1 aliphatic rings. The molecule has 1 N–H and O–H groups in total. The number of rotatable bonds is 7. The Morgan fingerprint density at radius 1 is 0.953 bits per heavy atom. The number of nitrogens with zero attached hydrogens (tertiary/aromatic N) is 1. The molecule has 3 aromatic carbocycles. The van der Waals surface area contributed by atoms with E-state index >= 15 is 0 Å². The molecule has 1 amide bonds. The van der Waals surface area contributed by atoms with Crippen LogP contribution in [0.1, 0.15) is 37.5 Å². The third-order valence-corrected chi connectivity index (χ3v) is 9.48. The van der Waals surface area contributed by atoms with E-state index in [0.29, 0.717) is 48.5 Å². The number of aryl methyl sites for hydroxylation is 2. The van der Waals surface area contributed by atoms with E-state index in [9.17, 15) is 18.0 Å². The molecule has 0 saturated carbocycles. The Labute approximate surface area is 251 Å². The summed E-state index contributed by atoms with van der Waals surface area (Å²) in [6.45, 7) is 11.1. The first-order valence-corrected chi connectivity index (χ1v) is 15.6. The molecule has 0 radical (unpaired) electrons. The van der Waals surface area contributed by atoms with Gasteiger partial charge in [-0.05, 0) is 72.4 Å². The summed E-state index contributed by atoms with van der Waals surface area (Å²) in [6.07, 6.45) is 0. The van der Waals surface area contributed by atoms with Crippen LogP contribution in [0, 0.1) is 13.8 Å². The number of benzene rings is 3. The average Bonchev–Trinajstić information content (AvgIpc) is 2.98. The Morgan fingerprint density at radius 3 is 2.21 bits per heavy atom. The van der Waals surface area contributed by atoms with Gasteiger partial charge in [0.2, 0.25) is 21.2 Å². The summed E-state index contributed by atoms with van der Waals surface area (Å²) in [5.41, 5.74) is 4.10. The van der Waals surface area contributed by atoms with E-state index in [4.69, 9.17) is 13.9 Å². The van der Waals surface area contributed by atoms with E-state index in [2.05, 4.69) is 26.1 Å². The zero-order valence-electron chi connectivity index (χ0n) is 25.0. The molecule has 0 atom stereocenters. The van der Waals surface area contributed by atoms with Gasteiger partial charge in [0.25, 0.3) is 5.91 Å². The Kier molecular flexibility index (Phi) is 8.47. The quantitative estimate of drug-likeness (QED) is 0.300. The number of nitrogens with one attached hydrogen (secondary N) is 1. The number of anilines is 1. The topological polar surface area (TPSA) is 115 Å². The molecule has 2 heterocycles. The minimum absolute atomic E-state index is 0.0543. The normalized spacial score (nSPS) is 14.5. The van der Waals surface area contributed by atoms with Crippen molar-refractivity contribution in [2.24, 2.45) is 0 Å². The van der Waals surface area contributed by atoms with Crippen LogP contribution in [0.3, 0.4) is 0 Å². The zero-order chi connectivity index (χ0) is 30.9. The lowest BCUT2D eigenvalue weighted by molar-refractivity contribution is -0.118. The molecule has 1 saturated heterocycles. The number of amides is 1. The average molecular weight is 605 g/mol. The van der Waals surface area contributed by atoms with Gasteiger partial charge in [-0.2, -0.15) is 4.31 Å². The highest BCUT2D eigenvalue weighted by atomic mass is 32.2. The minimum Gasteiger partial charge on any atom is -0.476 e. The fraction of sp³-hybridized carbons (Fsp3) is 0.333. The third-order valence-electron chi connectivity index (χ3n) is 7.57. The number of carbonyl (C=O) groups is 1. The lowest BCUT2D eigenvalue weighted by atomic mass is 9.86. The van der Waals surface area contributed by atoms with E-state index in [1.54, 1.807) is 6.07 Å². The molecule has 4 aromatic rings. The highest BCUT2D eigenvalue weighted by molar-refractivity contribution is 7.89. The van der Waals surface area contributed by atoms with E-state index in [-0.39, 0.29) is 27.2 Å². The number of fused-ring (bicyclic) bond motifs is 1. The van der Waals surface area contributed by atoms with Crippen molar-refractivity contribution in [2.45, 2.75) is 44.9 Å². The van der Waals surface area contributed by atoms with Crippen molar-refractivity contribution in [1.29, 1.82) is 0 Å². The summed E-state index contributed by atoms with van der Waals surface area (Å²) >= 11 is 0. The van der Waals surface area contributed by atoms with Crippen LogP contribution >= 0.6 is 0 Å². The Morgan fingerprint density at radius 2 is 1.58 bits per heavy atom. The molecule has 0 aliphatic carbocycles. The third kappa shape index (κ3) is 6.51.